The van der Waals surface area contributed by atoms with Crippen LogP contribution in [0.3, 0.4) is 0 Å². The summed E-state index contributed by atoms with van der Waals surface area (Å²) >= 11 is 1.70. The third-order valence-corrected chi connectivity index (χ3v) is 5.03. The van der Waals surface area contributed by atoms with E-state index < -0.39 is 0 Å². The second-order valence-electron chi connectivity index (χ2n) is 5.37. The Morgan fingerprint density at radius 3 is 2.91 bits per heavy atom. The van der Waals surface area contributed by atoms with Crippen molar-refractivity contribution in [2.24, 2.45) is 5.73 Å². The van der Waals surface area contributed by atoms with Gasteiger partial charge in [0.1, 0.15) is 12.0 Å². The van der Waals surface area contributed by atoms with Gasteiger partial charge in [0.05, 0.1) is 33.7 Å². The fourth-order valence-corrected chi connectivity index (χ4v) is 3.99. The molecule has 23 heavy (non-hydrogen) atoms. The maximum absolute atomic E-state index is 12.6. The molecule has 0 spiro atoms. The first-order chi connectivity index (χ1) is 10.1. The largest absolute Gasteiger partial charge is 0.467 e. The van der Waals surface area contributed by atoms with Crippen molar-refractivity contribution >= 4 is 42.1 Å². The lowest BCUT2D eigenvalue weighted by molar-refractivity contribution is 0.0717. The monoisotopic (exact) mass is 377 g/mol. The minimum Gasteiger partial charge on any atom is -0.467 e. The second kappa shape index (κ2) is 8.15. The molecule has 1 aliphatic carbocycles. The van der Waals surface area contributed by atoms with Gasteiger partial charge in [-0.3, -0.25) is 4.79 Å². The molecular formula is C15H21Cl2N3O2S. The van der Waals surface area contributed by atoms with Crippen LogP contribution in [0.5, 0.6) is 0 Å². The van der Waals surface area contributed by atoms with Gasteiger partial charge in [-0.25, -0.2) is 4.98 Å². The van der Waals surface area contributed by atoms with Gasteiger partial charge in [0.25, 0.3) is 5.91 Å². The summed E-state index contributed by atoms with van der Waals surface area (Å²) in [5.74, 6) is 0.604. The Morgan fingerprint density at radius 2 is 2.26 bits per heavy atom. The summed E-state index contributed by atoms with van der Waals surface area (Å²) in [7, 11) is 1.85. The average Bonchev–Trinajstić information content (AvgIpc) is 3.10. The molecule has 2 aromatic rings. The van der Waals surface area contributed by atoms with Crippen molar-refractivity contribution in [3.63, 3.8) is 0 Å². The highest BCUT2D eigenvalue weighted by Gasteiger charge is 2.30. The van der Waals surface area contributed by atoms with Crippen molar-refractivity contribution < 1.29 is 9.21 Å². The molecule has 8 heteroatoms. The summed E-state index contributed by atoms with van der Waals surface area (Å²) in [5, 5.41) is 1.07. The highest BCUT2D eigenvalue weighted by Crippen LogP contribution is 2.37. The number of aromatic nitrogens is 1. The van der Waals surface area contributed by atoms with E-state index in [1.807, 2.05) is 14.0 Å². The minimum atomic E-state index is -0.0256. The maximum Gasteiger partial charge on any atom is 0.257 e. The van der Waals surface area contributed by atoms with E-state index >= 15 is 0 Å². The van der Waals surface area contributed by atoms with E-state index in [1.54, 1.807) is 22.3 Å². The summed E-state index contributed by atoms with van der Waals surface area (Å²) in [4.78, 5) is 20.2. The molecule has 128 valence electrons. The number of furan rings is 1. The lowest BCUT2D eigenvalue weighted by Crippen LogP contribution is -2.32. The number of thiazole rings is 1. The first-order valence-electron chi connectivity index (χ1n) is 7.11. The number of nitrogens with two attached hydrogens (primary N) is 1. The quantitative estimate of drug-likeness (QED) is 0.887. The summed E-state index contributed by atoms with van der Waals surface area (Å²) in [5.41, 5.74) is 7.24. The van der Waals surface area contributed by atoms with Crippen molar-refractivity contribution in [1.82, 2.24) is 9.88 Å². The van der Waals surface area contributed by atoms with Crippen LogP contribution in [0.15, 0.2) is 16.7 Å². The van der Waals surface area contributed by atoms with Crippen LogP contribution in [-0.2, 0) is 13.0 Å². The Bertz CT molecular complexity index is 671. The van der Waals surface area contributed by atoms with Crippen LogP contribution < -0.4 is 5.73 Å². The zero-order valence-electron chi connectivity index (χ0n) is 13.1. The number of carbonyl (C=O) groups excluding carboxylic acids is 1. The molecule has 5 nitrogen and oxygen atoms in total. The van der Waals surface area contributed by atoms with E-state index in [0.29, 0.717) is 17.9 Å². The lowest BCUT2D eigenvalue weighted by atomic mass is 9.96. The van der Waals surface area contributed by atoms with Gasteiger partial charge in [-0.2, -0.15) is 0 Å². The van der Waals surface area contributed by atoms with Crippen molar-refractivity contribution in [2.75, 3.05) is 7.05 Å². The predicted octanol–water partition coefficient (Wildman–Crippen LogP) is 3.50. The molecule has 1 aliphatic rings. The van der Waals surface area contributed by atoms with Gasteiger partial charge in [0, 0.05) is 7.05 Å². The number of carbonyl (C=O) groups is 1. The van der Waals surface area contributed by atoms with E-state index in [4.69, 9.17) is 10.2 Å². The second-order valence-corrected chi connectivity index (χ2v) is 6.61. The van der Waals surface area contributed by atoms with Crippen LogP contribution in [0.2, 0.25) is 0 Å². The molecule has 0 aliphatic heterocycles. The normalized spacial score (nSPS) is 16.0. The molecule has 1 amide bonds. The molecule has 0 fully saturated rings. The Hall–Kier alpha value is -1.08. The number of amides is 1. The number of fused-ring (bicyclic) bond motifs is 1. The van der Waals surface area contributed by atoms with Crippen LogP contribution in [0.4, 0.5) is 0 Å². The van der Waals surface area contributed by atoms with E-state index in [0.717, 1.165) is 30.0 Å². The highest BCUT2D eigenvalue weighted by molar-refractivity contribution is 7.11. The fraction of sp³-hybridized carbons (Fsp3) is 0.467. The van der Waals surface area contributed by atoms with Gasteiger partial charge in [-0.1, -0.05) is 0 Å². The first-order valence-corrected chi connectivity index (χ1v) is 7.92. The van der Waals surface area contributed by atoms with Crippen LogP contribution in [0, 0.1) is 6.92 Å². The van der Waals surface area contributed by atoms with Gasteiger partial charge < -0.3 is 15.1 Å². The molecule has 0 saturated carbocycles. The van der Waals surface area contributed by atoms with Crippen LogP contribution in [-0.4, -0.2) is 22.8 Å². The molecular weight excluding hydrogens is 357 g/mol. The average molecular weight is 378 g/mol. The summed E-state index contributed by atoms with van der Waals surface area (Å²) in [6, 6.07) is 1.84. The maximum atomic E-state index is 12.6. The summed E-state index contributed by atoms with van der Waals surface area (Å²) in [6.45, 7) is 2.32. The highest BCUT2D eigenvalue weighted by atomic mass is 35.5. The SMILES string of the molecule is Cc1nc2c(s1)C(N(C)C(=O)c1coc(CN)c1)CCC2.Cl.Cl. The van der Waals surface area contributed by atoms with Gasteiger partial charge >= 0.3 is 0 Å². The molecule has 0 saturated heterocycles. The first kappa shape index (κ1) is 20.0. The molecule has 2 aromatic heterocycles. The fourth-order valence-electron chi connectivity index (χ4n) is 2.83. The van der Waals surface area contributed by atoms with Crippen molar-refractivity contribution in [3.8, 4) is 0 Å². The Balaban J connectivity index is 0.00000132. The Labute approximate surface area is 152 Å². The smallest absolute Gasteiger partial charge is 0.257 e. The zero-order chi connectivity index (χ0) is 15.0. The third kappa shape index (κ3) is 3.88. The molecule has 2 N–H and O–H groups in total. The molecule has 0 bridgehead atoms. The molecule has 1 unspecified atom stereocenters. The van der Waals surface area contributed by atoms with Crippen molar-refractivity contribution in [3.05, 3.63) is 39.2 Å². The molecule has 1 atom stereocenters. The number of halogens is 2. The van der Waals surface area contributed by atoms with E-state index in [1.165, 1.54) is 11.1 Å². The zero-order valence-corrected chi connectivity index (χ0v) is 15.5. The Kier molecular flexibility index (Phi) is 7.07. The number of hydrogen-bond acceptors (Lipinski definition) is 5. The van der Waals surface area contributed by atoms with E-state index in [-0.39, 0.29) is 36.8 Å². The van der Waals surface area contributed by atoms with Gasteiger partial charge in [0.15, 0.2) is 0 Å². The number of nitrogens with zero attached hydrogens (tertiary/aromatic N) is 2. The van der Waals surface area contributed by atoms with Crippen LogP contribution in [0.25, 0.3) is 0 Å². The molecule has 0 aromatic carbocycles. The minimum absolute atomic E-state index is 0. The van der Waals surface area contributed by atoms with Crippen molar-refractivity contribution in [2.45, 2.75) is 38.8 Å². The Morgan fingerprint density at radius 1 is 1.52 bits per heavy atom. The van der Waals surface area contributed by atoms with E-state index in [2.05, 4.69) is 4.98 Å². The molecule has 3 rings (SSSR count). The number of aryl methyl sites for hydroxylation is 2. The standard InChI is InChI=1S/C15H19N3O2S.2ClH/c1-9-17-12-4-3-5-13(14(12)21-9)18(2)15(19)10-6-11(7-16)20-8-10;;/h6,8,13H,3-5,7,16H2,1-2H3;2*1H. The molecule has 0 radical (unpaired) electrons. The predicted molar refractivity (Wildman–Crippen MR) is 95.7 cm³/mol. The summed E-state index contributed by atoms with van der Waals surface area (Å²) < 4.78 is 5.26. The van der Waals surface area contributed by atoms with Gasteiger partial charge in [-0.05, 0) is 32.3 Å². The summed E-state index contributed by atoms with van der Waals surface area (Å²) in [6.07, 6.45) is 4.56. The third-order valence-electron chi connectivity index (χ3n) is 3.92. The van der Waals surface area contributed by atoms with Crippen molar-refractivity contribution in [1.29, 1.82) is 0 Å². The number of rotatable bonds is 3. The van der Waals surface area contributed by atoms with E-state index in [9.17, 15) is 4.79 Å². The van der Waals surface area contributed by atoms with Crippen LogP contribution in [0.1, 0.15) is 50.6 Å². The van der Waals surface area contributed by atoms with Gasteiger partial charge in [0.2, 0.25) is 0 Å². The van der Waals surface area contributed by atoms with Gasteiger partial charge in [-0.15, -0.1) is 36.2 Å². The topological polar surface area (TPSA) is 72.4 Å². The van der Waals surface area contributed by atoms with Crippen LogP contribution >= 0.6 is 36.2 Å². The lowest BCUT2D eigenvalue weighted by Gasteiger charge is -2.30. The molecule has 2 heterocycles. The number of hydrogen-bond donors (Lipinski definition) is 1.